The molecule has 0 amide bonds. The summed E-state index contributed by atoms with van der Waals surface area (Å²) in [6.07, 6.45) is -0.586. The number of carbonyl (C=O) groups is 1. The lowest BCUT2D eigenvalue weighted by Crippen LogP contribution is -2.22. The first-order chi connectivity index (χ1) is 9.05. The van der Waals surface area contributed by atoms with Crippen molar-refractivity contribution in [2.75, 3.05) is 0 Å². The Balaban J connectivity index is 3.28. The minimum absolute atomic E-state index is 0.0648. The molecule has 20 heavy (non-hydrogen) atoms. The van der Waals surface area contributed by atoms with E-state index in [0.29, 0.717) is 12.1 Å². The molecule has 0 bridgehead atoms. The van der Waals surface area contributed by atoms with E-state index in [2.05, 4.69) is 0 Å². The van der Waals surface area contributed by atoms with Crippen molar-refractivity contribution < 1.29 is 26.7 Å². The Morgan fingerprint density at radius 3 is 2.25 bits per heavy atom. The molecule has 1 aromatic carbocycles. The molecule has 0 saturated carbocycles. The Bertz CT molecular complexity index is 629. The molecule has 1 unspecified atom stereocenters. The van der Waals surface area contributed by atoms with Crippen LogP contribution in [-0.2, 0) is 13.8 Å². The highest BCUT2D eigenvalue weighted by molar-refractivity contribution is 8.13. The van der Waals surface area contributed by atoms with Gasteiger partial charge in [0.15, 0.2) is 5.82 Å². The van der Waals surface area contributed by atoms with Crippen molar-refractivity contribution in [1.29, 1.82) is 0 Å². The molecule has 0 aliphatic rings. The largest absolute Gasteiger partial charge is 0.459 e. The van der Waals surface area contributed by atoms with Crippen LogP contribution >= 0.6 is 10.7 Å². The van der Waals surface area contributed by atoms with Crippen LogP contribution in [0.25, 0.3) is 0 Å². The molecule has 1 atom stereocenters. The van der Waals surface area contributed by atoms with Crippen molar-refractivity contribution in [2.24, 2.45) is 5.92 Å². The number of esters is 1. The van der Waals surface area contributed by atoms with Gasteiger partial charge in [-0.1, -0.05) is 13.8 Å². The van der Waals surface area contributed by atoms with Gasteiger partial charge in [-0.3, -0.25) is 0 Å². The van der Waals surface area contributed by atoms with Crippen molar-refractivity contribution in [3.05, 3.63) is 29.3 Å². The Morgan fingerprint density at radius 2 is 1.80 bits per heavy atom. The van der Waals surface area contributed by atoms with Gasteiger partial charge >= 0.3 is 5.97 Å². The van der Waals surface area contributed by atoms with Crippen LogP contribution in [0, 0.1) is 17.6 Å². The zero-order valence-corrected chi connectivity index (χ0v) is 12.6. The average Bonchev–Trinajstić information content (AvgIpc) is 2.26. The molecule has 0 spiro atoms. The molecule has 0 aromatic heterocycles. The van der Waals surface area contributed by atoms with Crippen molar-refractivity contribution in [2.45, 2.75) is 31.8 Å². The fourth-order valence-corrected chi connectivity index (χ4v) is 2.18. The number of halogens is 3. The second-order valence-electron chi connectivity index (χ2n) is 4.53. The average molecular weight is 327 g/mol. The summed E-state index contributed by atoms with van der Waals surface area (Å²) in [6.45, 7) is 5.06. The predicted octanol–water partition coefficient (Wildman–Crippen LogP) is 3.09. The Hall–Kier alpha value is -1.21. The molecule has 1 rings (SSSR count). The van der Waals surface area contributed by atoms with E-state index < -0.39 is 43.2 Å². The number of rotatable bonds is 4. The summed E-state index contributed by atoms with van der Waals surface area (Å²) in [4.78, 5) is 10.8. The summed E-state index contributed by atoms with van der Waals surface area (Å²) in [6, 6.07) is 1.30. The fourth-order valence-electron chi connectivity index (χ4n) is 1.27. The highest BCUT2D eigenvalue weighted by Gasteiger charge is 2.28. The maximum atomic E-state index is 13.9. The standard InChI is InChI=1S/C12H13ClF2O4S/c1-6(2)7(3)19-12(16)10-8(14)4-5-9(11(10)15)20(13,17)18/h4-7H,1-3H3. The van der Waals surface area contributed by atoms with Gasteiger partial charge in [-0.15, -0.1) is 0 Å². The van der Waals surface area contributed by atoms with Gasteiger partial charge in [-0.25, -0.2) is 22.0 Å². The summed E-state index contributed by atoms with van der Waals surface area (Å²) >= 11 is 0. The highest BCUT2D eigenvalue weighted by Crippen LogP contribution is 2.25. The maximum Gasteiger partial charge on any atom is 0.344 e. The van der Waals surface area contributed by atoms with Crippen LogP contribution in [0.15, 0.2) is 17.0 Å². The lowest BCUT2D eigenvalue weighted by Gasteiger charge is -2.17. The lowest BCUT2D eigenvalue weighted by molar-refractivity contribution is 0.0226. The third kappa shape index (κ3) is 3.67. The lowest BCUT2D eigenvalue weighted by atomic mass is 10.1. The van der Waals surface area contributed by atoms with Crippen LogP contribution in [-0.4, -0.2) is 20.5 Å². The Kier molecular flexibility index (Phi) is 5.10. The Morgan fingerprint density at radius 1 is 1.25 bits per heavy atom. The smallest absolute Gasteiger partial charge is 0.344 e. The van der Waals surface area contributed by atoms with Crippen LogP contribution < -0.4 is 0 Å². The molecule has 0 heterocycles. The minimum Gasteiger partial charge on any atom is -0.459 e. The van der Waals surface area contributed by atoms with E-state index in [4.69, 9.17) is 15.4 Å². The summed E-state index contributed by atoms with van der Waals surface area (Å²) < 4.78 is 54.6. The van der Waals surface area contributed by atoms with Gasteiger partial charge in [-0.2, -0.15) is 0 Å². The van der Waals surface area contributed by atoms with Crippen LogP contribution in [0.4, 0.5) is 8.78 Å². The van der Waals surface area contributed by atoms with E-state index in [0.717, 1.165) is 0 Å². The third-order valence-corrected chi connectivity index (χ3v) is 4.09. The van der Waals surface area contributed by atoms with Gasteiger partial charge in [0.1, 0.15) is 22.4 Å². The van der Waals surface area contributed by atoms with Crippen LogP contribution in [0.2, 0.25) is 0 Å². The van der Waals surface area contributed by atoms with Crippen LogP contribution in [0.3, 0.4) is 0 Å². The van der Waals surface area contributed by atoms with E-state index in [1.165, 1.54) is 0 Å². The minimum atomic E-state index is -4.43. The molecule has 0 radical (unpaired) electrons. The zero-order chi connectivity index (χ0) is 15.7. The first kappa shape index (κ1) is 16.8. The Labute approximate surface area is 120 Å². The van der Waals surface area contributed by atoms with Gasteiger partial charge in [0, 0.05) is 10.7 Å². The predicted molar refractivity (Wildman–Crippen MR) is 69.1 cm³/mol. The van der Waals surface area contributed by atoms with E-state index in [9.17, 15) is 22.0 Å². The molecule has 8 heteroatoms. The SMILES string of the molecule is CC(C)C(C)OC(=O)c1c(F)ccc(S(=O)(=O)Cl)c1F. The third-order valence-electron chi connectivity index (χ3n) is 2.75. The van der Waals surface area contributed by atoms with E-state index in [-0.39, 0.29) is 5.92 Å². The van der Waals surface area contributed by atoms with E-state index in [1.807, 2.05) is 0 Å². The second kappa shape index (κ2) is 6.05. The summed E-state index contributed by atoms with van der Waals surface area (Å²) in [5.41, 5.74) is -1.07. The van der Waals surface area contributed by atoms with Crippen molar-refractivity contribution in [1.82, 2.24) is 0 Å². The van der Waals surface area contributed by atoms with Crippen molar-refractivity contribution >= 4 is 25.7 Å². The molecular weight excluding hydrogens is 314 g/mol. The first-order valence-electron chi connectivity index (χ1n) is 5.69. The molecule has 1 aromatic rings. The number of hydrogen-bond donors (Lipinski definition) is 0. The maximum absolute atomic E-state index is 13.9. The van der Waals surface area contributed by atoms with E-state index in [1.54, 1.807) is 20.8 Å². The zero-order valence-electron chi connectivity index (χ0n) is 11.0. The quantitative estimate of drug-likeness (QED) is 0.630. The first-order valence-corrected chi connectivity index (χ1v) is 8.00. The molecule has 112 valence electrons. The highest BCUT2D eigenvalue weighted by atomic mass is 35.7. The molecule has 4 nitrogen and oxygen atoms in total. The molecule has 0 N–H and O–H groups in total. The van der Waals surface area contributed by atoms with Crippen molar-refractivity contribution in [3.8, 4) is 0 Å². The molecular formula is C12H13ClF2O4S. The monoisotopic (exact) mass is 326 g/mol. The van der Waals surface area contributed by atoms with Gasteiger partial charge in [0.05, 0.1) is 0 Å². The summed E-state index contributed by atoms with van der Waals surface area (Å²) in [5.74, 6) is -4.11. The number of hydrogen-bond acceptors (Lipinski definition) is 4. The number of carbonyl (C=O) groups excluding carboxylic acids is 1. The topological polar surface area (TPSA) is 60.4 Å². The van der Waals surface area contributed by atoms with Gasteiger partial charge in [0.2, 0.25) is 0 Å². The van der Waals surface area contributed by atoms with Gasteiger partial charge in [0.25, 0.3) is 9.05 Å². The second-order valence-corrected chi connectivity index (χ2v) is 7.06. The van der Waals surface area contributed by atoms with Crippen molar-refractivity contribution in [3.63, 3.8) is 0 Å². The summed E-state index contributed by atoms with van der Waals surface area (Å²) in [7, 11) is 0.578. The van der Waals surface area contributed by atoms with Crippen LogP contribution in [0.1, 0.15) is 31.1 Å². The van der Waals surface area contributed by atoms with E-state index >= 15 is 0 Å². The summed E-state index contributed by atoms with van der Waals surface area (Å²) in [5, 5.41) is 0. The fraction of sp³-hybridized carbons (Fsp3) is 0.417. The molecule has 0 fully saturated rings. The molecule has 0 saturated heterocycles. The normalized spacial score (nSPS) is 13.3. The number of ether oxygens (including phenoxy) is 1. The molecule has 0 aliphatic carbocycles. The molecule has 0 aliphatic heterocycles. The number of benzene rings is 1. The van der Waals surface area contributed by atoms with Gasteiger partial charge < -0.3 is 4.74 Å². The van der Waals surface area contributed by atoms with Gasteiger partial charge in [-0.05, 0) is 25.0 Å². The van der Waals surface area contributed by atoms with Crippen LogP contribution in [0.5, 0.6) is 0 Å².